The van der Waals surface area contributed by atoms with Crippen LogP contribution in [0.4, 0.5) is 0 Å². The molecule has 0 bridgehead atoms. The smallest absolute Gasteiger partial charge is 0.164 e. The molecular formula is C39H25N3O2. The fraction of sp³-hybridized carbons (Fsp3) is 0. The summed E-state index contributed by atoms with van der Waals surface area (Å²) in [6.45, 7) is 0. The van der Waals surface area contributed by atoms with Crippen molar-refractivity contribution in [3.8, 4) is 62.2 Å². The molecule has 0 aliphatic rings. The second-order valence-electron chi connectivity index (χ2n) is 10.6. The summed E-state index contributed by atoms with van der Waals surface area (Å²) in [7, 11) is 0. The van der Waals surface area contributed by atoms with Crippen LogP contribution >= 0.6 is 0 Å². The zero-order valence-corrected chi connectivity index (χ0v) is 23.6. The Morgan fingerprint density at radius 2 is 0.977 bits per heavy atom. The van der Waals surface area contributed by atoms with Gasteiger partial charge in [0.2, 0.25) is 0 Å². The number of phenols is 1. The maximum Gasteiger partial charge on any atom is 0.164 e. The largest absolute Gasteiger partial charge is 0.507 e. The van der Waals surface area contributed by atoms with Crippen molar-refractivity contribution in [2.24, 2.45) is 0 Å². The Hall–Kier alpha value is -6.07. The van der Waals surface area contributed by atoms with Gasteiger partial charge in [0.1, 0.15) is 16.9 Å². The summed E-state index contributed by atoms with van der Waals surface area (Å²) in [6, 6.07) is 47.8. The van der Waals surface area contributed by atoms with Crippen molar-refractivity contribution in [1.82, 2.24) is 15.0 Å². The first kappa shape index (κ1) is 25.6. The van der Waals surface area contributed by atoms with Crippen LogP contribution in [0.1, 0.15) is 0 Å². The van der Waals surface area contributed by atoms with E-state index < -0.39 is 0 Å². The number of nitrogens with zero attached hydrogens (tertiary/aromatic N) is 3. The number of furan rings is 1. The third-order valence-electron chi connectivity index (χ3n) is 7.84. The first-order chi connectivity index (χ1) is 21.7. The Morgan fingerprint density at radius 3 is 1.73 bits per heavy atom. The third kappa shape index (κ3) is 4.57. The van der Waals surface area contributed by atoms with Gasteiger partial charge in [-0.3, -0.25) is 0 Å². The number of benzene rings is 6. The molecular weight excluding hydrogens is 542 g/mol. The van der Waals surface area contributed by atoms with Gasteiger partial charge in [-0.25, -0.2) is 15.0 Å². The predicted molar refractivity (Wildman–Crippen MR) is 176 cm³/mol. The molecule has 0 fully saturated rings. The summed E-state index contributed by atoms with van der Waals surface area (Å²) in [4.78, 5) is 14.7. The lowest BCUT2D eigenvalue weighted by Crippen LogP contribution is -2.01. The van der Waals surface area contributed by atoms with Gasteiger partial charge < -0.3 is 9.52 Å². The van der Waals surface area contributed by atoms with Crippen LogP contribution in [-0.4, -0.2) is 20.1 Å². The molecule has 0 spiro atoms. The molecule has 5 nitrogen and oxygen atoms in total. The molecule has 0 aliphatic heterocycles. The lowest BCUT2D eigenvalue weighted by atomic mass is 9.94. The van der Waals surface area contributed by atoms with Crippen molar-refractivity contribution in [2.45, 2.75) is 0 Å². The maximum atomic E-state index is 11.3. The highest BCUT2D eigenvalue weighted by molar-refractivity contribution is 6.06. The molecule has 0 aliphatic carbocycles. The monoisotopic (exact) mass is 567 g/mol. The molecule has 1 N–H and O–H groups in total. The Bertz CT molecular complexity index is 2240. The van der Waals surface area contributed by atoms with E-state index in [2.05, 4.69) is 30.3 Å². The molecule has 0 unspecified atom stereocenters. The number of aromatic hydroxyl groups is 1. The van der Waals surface area contributed by atoms with Crippen LogP contribution in [0.5, 0.6) is 5.75 Å². The van der Waals surface area contributed by atoms with E-state index in [1.54, 1.807) is 6.07 Å². The normalized spacial score (nSPS) is 11.3. The van der Waals surface area contributed by atoms with E-state index in [4.69, 9.17) is 19.4 Å². The van der Waals surface area contributed by atoms with Crippen molar-refractivity contribution in [3.63, 3.8) is 0 Å². The van der Waals surface area contributed by atoms with Crippen molar-refractivity contribution < 1.29 is 9.52 Å². The highest BCUT2D eigenvalue weighted by atomic mass is 16.3. The highest BCUT2D eigenvalue weighted by Crippen LogP contribution is 2.40. The minimum absolute atomic E-state index is 0.152. The number of aromatic nitrogens is 3. The standard InChI is InChI=1S/C39H25N3O2/c43-33-19-10-18-31(39-41-37(25-11-3-1-4-12-25)40-38(42-39)26-13-5-2-6-14-26)36(33)29-16-9-15-27(23-29)28-21-22-35-32(24-28)30-17-7-8-20-34(30)44-35/h1-24,43H. The second-order valence-corrected chi connectivity index (χ2v) is 10.6. The Labute approximate surface area is 253 Å². The van der Waals surface area contributed by atoms with Gasteiger partial charge in [-0.15, -0.1) is 0 Å². The number of phenolic OH excluding ortho intramolecular Hbond substituents is 1. The maximum absolute atomic E-state index is 11.3. The van der Waals surface area contributed by atoms with Crippen LogP contribution in [0, 0.1) is 0 Å². The lowest BCUT2D eigenvalue weighted by Gasteiger charge is -2.14. The van der Waals surface area contributed by atoms with E-state index in [0.717, 1.165) is 55.3 Å². The third-order valence-corrected chi connectivity index (χ3v) is 7.84. The van der Waals surface area contributed by atoms with Crippen molar-refractivity contribution in [1.29, 1.82) is 0 Å². The van der Waals surface area contributed by atoms with Crippen LogP contribution in [0.15, 0.2) is 150 Å². The number of rotatable bonds is 5. The predicted octanol–water partition coefficient (Wildman–Crippen LogP) is 9.81. The molecule has 8 rings (SSSR count). The molecule has 0 atom stereocenters. The van der Waals surface area contributed by atoms with Crippen molar-refractivity contribution >= 4 is 21.9 Å². The van der Waals surface area contributed by atoms with E-state index in [-0.39, 0.29) is 5.75 Å². The Balaban J connectivity index is 1.28. The van der Waals surface area contributed by atoms with Crippen LogP contribution < -0.4 is 0 Å². The molecule has 6 aromatic carbocycles. The van der Waals surface area contributed by atoms with Crippen molar-refractivity contribution in [3.05, 3.63) is 146 Å². The molecule has 0 radical (unpaired) electrons. The molecule has 208 valence electrons. The SMILES string of the molecule is Oc1cccc(-c2nc(-c3ccccc3)nc(-c3ccccc3)n2)c1-c1cccc(-c2ccc3oc4ccccc4c3c2)c1. The average Bonchev–Trinajstić information content (AvgIpc) is 3.47. The summed E-state index contributed by atoms with van der Waals surface area (Å²) >= 11 is 0. The zero-order chi connectivity index (χ0) is 29.5. The fourth-order valence-corrected chi connectivity index (χ4v) is 5.72. The van der Waals surface area contributed by atoms with E-state index in [1.807, 2.05) is 109 Å². The van der Waals surface area contributed by atoms with E-state index >= 15 is 0 Å². The molecule has 0 amide bonds. The molecule has 5 heteroatoms. The highest BCUT2D eigenvalue weighted by Gasteiger charge is 2.18. The van der Waals surface area contributed by atoms with Crippen molar-refractivity contribution in [2.75, 3.05) is 0 Å². The van der Waals surface area contributed by atoms with E-state index in [9.17, 15) is 5.11 Å². The Kier molecular flexibility index (Phi) is 6.20. The minimum atomic E-state index is 0.152. The van der Waals surface area contributed by atoms with Gasteiger partial charge in [0.25, 0.3) is 0 Å². The summed E-state index contributed by atoms with van der Waals surface area (Å²) in [5, 5.41) is 13.4. The first-order valence-corrected chi connectivity index (χ1v) is 14.4. The second kappa shape index (κ2) is 10.6. The first-order valence-electron chi connectivity index (χ1n) is 14.4. The zero-order valence-electron chi connectivity index (χ0n) is 23.6. The Morgan fingerprint density at radius 1 is 0.409 bits per heavy atom. The van der Waals surface area contributed by atoms with E-state index in [1.165, 1.54) is 0 Å². The van der Waals surface area contributed by atoms with Gasteiger partial charge in [-0.2, -0.15) is 0 Å². The van der Waals surface area contributed by atoms with Crippen LogP contribution in [0.2, 0.25) is 0 Å². The van der Waals surface area contributed by atoms with Gasteiger partial charge in [-0.05, 0) is 47.0 Å². The van der Waals surface area contributed by atoms with Crippen LogP contribution in [0.25, 0.3) is 78.4 Å². The van der Waals surface area contributed by atoms with E-state index in [0.29, 0.717) is 23.0 Å². The molecule has 2 aromatic heterocycles. The summed E-state index contributed by atoms with van der Waals surface area (Å²) in [5.41, 5.74) is 7.81. The number of hydrogen-bond acceptors (Lipinski definition) is 5. The molecule has 0 saturated carbocycles. The number of para-hydroxylation sites is 1. The number of hydrogen-bond donors (Lipinski definition) is 1. The van der Waals surface area contributed by atoms with Gasteiger partial charge in [0.05, 0.1) is 0 Å². The fourth-order valence-electron chi connectivity index (χ4n) is 5.72. The number of fused-ring (bicyclic) bond motifs is 3. The van der Waals surface area contributed by atoms with Gasteiger partial charge in [0, 0.05) is 33.0 Å². The summed E-state index contributed by atoms with van der Waals surface area (Å²) < 4.78 is 6.05. The molecule has 8 aromatic rings. The quantitative estimate of drug-likeness (QED) is 0.224. The van der Waals surface area contributed by atoms with Crippen LogP contribution in [0.3, 0.4) is 0 Å². The summed E-state index contributed by atoms with van der Waals surface area (Å²) in [5.74, 6) is 1.77. The van der Waals surface area contributed by atoms with Crippen LogP contribution in [-0.2, 0) is 0 Å². The topological polar surface area (TPSA) is 72.0 Å². The van der Waals surface area contributed by atoms with Gasteiger partial charge in [-0.1, -0.05) is 115 Å². The summed E-state index contributed by atoms with van der Waals surface area (Å²) in [6.07, 6.45) is 0. The molecule has 44 heavy (non-hydrogen) atoms. The average molecular weight is 568 g/mol. The molecule has 0 saturated heterocycles. The molecule has 2 heterocycles. The minimum Gasteiger partial charge on any atom is -0.507 e. The van der Waals surface area contributed by atoms with Gasteiger partial charge in [0.15, 0.2) is 17.5 Å². The van der Waals surface area contributed by atoms with Gasteiger partial charge >= 0.3 is 0 Å². The lowest BCUT2D eigenvalue weighted by molar-refractivity contribution is 0.477.